The number of rotatable bonds is 2. The molecule has 1 saturated heterocycles. The minimum atomic E-state index is -0.471. The number of carbonyl (C=O) groups excluding carboxylic acids is 1. The maximum Gasteiger partial charge on any atom is 0.256 e. The lowest BCUT2D eigenvalue weighted by molar-refractivity contribution is 0.0701. The molecule has 3 heterocycles. The molecular formula is C18H17FN4O. The first kappa shape index (κ1) is 14.8. The van der Waals surface area contributed by atoms with E-state index in [2.05, 4.69) is 15.2 Å². The molecule has 1 atom stereocenters. The Hall–Kier alpha value is -2.76. The van der Waals surface area contributed by atoms with Crippen molar-refractivity contribution in [2.24, 2.45) is 0 Å². The molecule has 0 spiro atoms. The number of carbonyl (C=O) groups is 1. The van der Waals surface area contributed by atoms with Crippen molar-refractivity contribution in [1.29, 1.82) is 0 Å². The van der Waals surface area contributed by atoms with Crippen LogP contribution >= 0.6 is 0 Å². The van der Waals surface area contributed by atoms with Gasteiger partial charge in [0.2, 0.25) is 0 Å². The van der Waals surface area contributed by atoms with Crippen molar-refractivity contribution in [3.63, 3.8) is 0 Å². The highest BCUT2D eigenvalue weighted by molar-refractivity contribution is 5.94. The lowest BCUT2D eigenvalue weighted by atomic mass is 9.93. The second-order valence-electron chi connectivity index (χ2n) is 6.08. The molecule has 1 aliphatic rings. The van der Waals surface area contributed by atoms with Gasteiger partial charge in [0, 0.05) is 36.3 Å². The number of nitrogens with zero attached hydrogens (tertiary/aromatic N) is 3. The number of hydrogen-bond acceptors (Lipinski definition) is 3. The molecule has 24 heavy (non-hydrogen) atoms. The Balaban J connectivity index is 1.60. The topological polar surface area (TPSA) is 61.9 Å². The number of nitrogens with one attached hydrogen (secondary N) is 1. The highest BCUT2D eigenvalue weighted by Gasteiger charge is 2.28. The molecule has 1 N–H and O–H groups in total. The molecular weight excluding hydrogens is 307 g/mol. The predicted molar refractivity (Wildman–Crippen MR) is 88.2 cm³/mol. The van der Waals surface area contributed by atoms with Crippen LogP contribution in [0.5, 0.6) is 0 Å². The zero-order valence-corrected chi connectivity index (χ0v) is 13.1. The van der Waals surface area contributed by atoms with Crippen molar-refractivity contribution in [3.8, 4) is 0 Å². The molecule has 2 aromatic heterocycles. The van der Waals surface area contributed by atoms with Gasteiger partial charge in [0.05, 0.1) is 5.56 Å². The van der Waals surface area contributed by atoms with Crippen molar-refractivity contribution >= 4 is 16.9 Å². The quantitative estimate of drug-likeness (QED) is 0.788. The van der Waals surface area contributed by atoms with E-state index in [0.29, 0.717) is 18.7 Å². The van der Waals surface area contributed by atoms with Crippen LogP contribution in [0.15, 0.2) is 42.6 Å². The third kappa shape index (κ3) is 2.54. The minimum Gasteiger partial charge on any atom is -0.338 e. The molecule has 122 valence electrons. The summed E-state index contributed by atoms with van der Waals surface area (Å²) in [5, 5.41) is 8.29. The van der Waals surface area contributed by atoms with Gasteiger partial charge >= 0.3 is 0 Å². The summed E-state index contributed by atoms with van der Waals surface area (Å²) >= 11 is 0. The van der Waals surface area contributed by atoms with Gasteiger partial charge in [-0.3, -0.25) is 9.89 Å². The van der Waals surface area contributed by atoms with Crippen LogP contribution in [0.4, 0.5) is 4.39 Å². The van der Waals surface area contributed by atoms with Gasteiger partial charge < -0.3 is 4.90 Å². The zero-order chi connectivity index (χ0) is 16.5. The van der Waals surface area contributed by atoms with Crippen molar-refractivity contribution in [1.82, 2.24) is 20.1 Å². The summed E-state index contributed by atoms with van der Waals surface area (Å²) in [6.45, 7) is 1.20. The Labute approximate surface area is 138 Å². The molecule has 1 aromatic carbocycles. The first-order valence-corrected chi connectivity index (χ1v) is 8.07. The fourth-order valence-electron chi connectivity index (χ4n) is 3.38. The summed E-state index contributed by atoms with van der Waals surface area (Å²) in [4.78, 5) is 18.6. The van der Waals surface area contributed by atoms with Crippen LogP contribution in [-0.4, -0.2) is 39.1 Å². The number of piperidine rings is 1. The highest BCUT2D eigenvalue weighted by atomic mass is 19.1. The molecule has 0 bridgehead atoms. The Bertz CT molecular complexity index is 891. The molecule has 5 nitrogen and oxygen atoms in total. The van der Waals surface area contributed by atoms with E-state index in [0.717, 1.165) is 23.9 Å². The molecule has 0 aliphatic carbocycles. The van der Waals surface area contributed by atoms with Crippen LogP contribution in [0.2, 0.25) is 0 Å². The van der Waals surface area contributed by atoms with Gasteiger partial charge in [0.1, 0.15) is 5.82 Å². The summed E-state index contributed by atoms with van der Waals surface area (Å²) in [5.74, 6) is -0.566. The number of benzene rings is 1. The molecule has 6 heteroatoms. The summed E-state index contributed by atoms with van der Waals surface area (Å²) in [6, 6.07) is 10.0. The average molecular weight is 324 g/mol. The Kier molecular flexibility index (Phi) is 3.72. The highest BCUT2D eigenvalue weighted by Crippen LogP contribution is 2.30. The van der Waals surface area contributed by atoms with Crippen molar-refractivity contribution < 1.29 is 9.18 Å². The fourth-order valence-corrected chi connectivity index (χ4v) is 3.38. The van der Waals surface area contributed by atoms with Crippen molar-refractivity contribution in [3.05, 3.63) is 59.7 Å². The van der Waals surface area contributed by atoms with Crippen LogP contribution in [-0.2, 0) is 0 Å². The number of amides is 1. The van der Waals surface area contributed by atoms with Crippen LogP contribution in [0.3, 0.4) is 0 Å². The molecule has 1 amide bonds. The first-order chi connectivity index (χ1) is 11.7. The molecule has 1 aliphatic heterocycles. The van der Waals surface area contributed by atoms with Gasteiger partial charge in [0.25, 0.3) is 5.91 Å². The molecule has 3 aromatic rings. The van der Waals surface area contributed by atoms with Gasteiger partial charge in [-0.1, -0.05) is 12.1 Å². The van der Waals surface area contributed by atoms with E-state index in [4.69, 9.17) is 0 Å². The van der Waals surface area contributed by atoms with Crippen LogP contribution in [0.1, 0.15) is 34.8 Å². The molecule has 0 saturated carbocycles. The summed E-state index contributed by atoms with van der Waals surface area (Å²) < 4.78 is 13.9. The monoisotopic (exact) mass is 324 g/mol. The number of pyridine rings is 1. The third-order valence-corrected chi connectivity index (χ3v) is 4.58. The lowest BCUT2D eigenvalue weighted by Crippen LogP contribution is -2.39. The number of likely N-dealkylation sites (tertiary alicyclic amines) is 1. The number of hydrogen-bond donors (Lipinski definition) is 1. The summed E-state index contributed by atoms with van der Waals surface area (Å²) in [7, 11) is 0. The van der Waals surface area contributed by atoms with E-state index in [1.165, 1.54) is 12.1 Å². The van der Waals surface area contributed by atoms with E-state index in [1.54, 1.807) is 23.2 Å². The van der Waals surface area contributed by atoms with Crippen LogP contribution in [0, 0.1) is 5.82 Å². The van der Waals surface area contributed by atoms with Gasteiger partial charge in [0.15, 0.2) is 5.65 Å². The number of aromatic amines is 1. The molecule has 4 rings (SSSR count). The molecule has 1 unspecified atom stereocenters. The average Bonchev–Trinajstić information content (AvgIpc) is 3.06. The number of H-pyrrole nitrogens is 1. The van der Waals surface area contributed by atoms with Gasteiger partial charge in [-0.2, -0.15) is 5.10 Å². The lowest BCUT2D eigenvalue weighted by Gasteiger charge is -2.32. The third-order valence-electron chi connectivity index (χ3n) is 4.58. The second kappa shape index (κ2) is 6.03. The number of aromatic nitrogens is 3. The molecule has 0 radical (unpaired) electrons. The second-order valence-corrected chi connectivity index (χ2v) is 6.08. The first-order valence-electron chi connectivity index (χ1n) is 8.07. The van der Waals surface area contributed by atoms with E-state index < -0.39 is 5.82 Å². The molecule has 1 fully saturated rings. The van der Waals surface area contributed by atoms with Gasteiger partial charge in [-0.25, -0.2) is 9.37 Å². The predicted octanol–water partition coefficient (Wildman–Crippen LogP) is 3.12. The maximum absolute atomic E-state index is 13.9. The maximum atomic E-state index is 13.9. The standard InChI is InChI=1S/C18H17FN4O/c19-15-8-2-1-6-13(15)18(24)23-10-4-5-12(11-23)16-14-7-3-9-20-17(14)22-21-16/h1-3,6-9,12H,4-5,10-11H2,(H,20,21,22). The fraction of sp³-hybridized carbons (Fsp3) is 0.278. The van der Waals surface area contributed by atoms with E-state index in [1.807, 2.05) is 12.1 Å². The van der Waals surface area contributed by atoms with Gasteiger partial charge in [-0.05, 0) is 37.1 Å². The van der Waals surface area contributed by atoms with E-state index in [9.17, 15) is 9.18 Å². The largest absolute Gasteiger partial charge is 0.338 e. The Morgan fingerprint density at radius 2 is 2.12 bits per heavy atom. The Morgan fingerprint density at radius 1 is 1.25 bits per heavy atom. The number of fused-ring (bicyclic) bond motifs is 1. The summed E-state index contributed by atoms with van der Waals surface area (Å²) in [6.07, 6.45) is 3.56. The Morgan fingerprint density at radius 3 is 3.00 bits per heavy atom. The van der Waals surface area contributed by atoms with E-state index >= 15 is 0 Å². The van der Waals surface area contributed by atoms with Gasteiger partial charge in [-0.15, -0.1) is 0 Å². The smallest absolute Gasteiger partial charge is 0.256 e. The van der Waals surface area contributed by atoms with Crippen LogP contribution < -0.4 is 0 Å². The van der Waals surface area contributed by atoms with Crippen molar-refractivity contribution in [2.45, 2.75) is 18.8 Å². The zero-order valence-electron chi connectivity index (χ0n) is 13.1. The minimum absolute atomic E-state index is 0.134. The van der Waals surface area contributed by atoms with Crippen molar-refractivity contribution in [2.75, 3.05) is 13.1 Å². The normalized spacial score (nSPS) is 18.0. The number of halogens is 1. The van der Waals surface area contributed by atoms with E-state index in [-0.39, 0.29) is 17.4 Å². The SMILES string of the molecule is O=C(c1ccccc1F)N1CCCC(c2[nH]nc3ncccc23)C1. The van der Waals surface area contributed by atoms with Crippen LogP contribution in [0.25, 0.3) is 11.0 Å². The summed E-state index contributed by atoms with van der Waals surface area (Å²) in [5.41, 5.74) is 1.82.